The van der Waals surface area contributed by atoms with E-state index in [2.05, 4.69) is 16.9 Å². The van der Waals surface area contributed by atoms with Crippen LogP contribution in [0.15, 0.2) is 24.4 Å². The van der Waals surface area contributed by atoms with Gasteiger partial charge in [0.25, 0.3) is 5.91 Å². The molecule has 2 aliphatic rings. The predicted molar refractivity (Wildman–Crippen MR) is 105 cm³/mol. The Kier molecular flexibility index (Phi) is 5.17. The summed E-state index contributed by atoms with van der Waals surface area (Å²) in [6, 6.07) is 5.29. The fourth-order valence-electron chi connectivity index (χ4n) is 3.97. The van der Waals surface area contributed by atoms with Gasteiger partial charge < -0.3 is 19.3 Å². The molecule has 28 heavy (non-hydrogen) atoms. The Balaban J connectivity index is 1.49. The van der Waals surface area contributed by atoms with E-state index in [0.29, 0.717) is 30.2 Å². The van der Waals surface area contributed by atoms with Crippen molar-refractivity contribution in [3.63, 3.8) is 0 Å². The van der Waals surface area contributed by atoms with E-state index >= 15 is 0 Å². The van der Waals surface area contributed by atoms with Crippen LogP contribution in [0.4, 0.5) is 0 Å². The molecule has 2 aromatic rings. The average molecular weight is 382 g/mol. The first-order valence-corrected chi connectivity index (χ1v) is 9.63. The van der Waals surface area contributed by atoms with Crippen LogP contribution in [-0.4, -0.2) is 66.6 Å². The van der Waals surface area contributed by atoms with Crippen LogP contribution >= 0.6 is 0 Å². The molecule has 4 rings (SSSR count). The van der Waals surface area contributed by atoms with Crippen LogP contribution in [0.25, 0.3) is 0 Å². The van der Waals surface area contributed by atoms with Crippen molar-refractivity contribution in [2.45, 2.75) is 25.3 Å². The van der Waals surface area contributed by atoms with E-state index in [1.165, 1.54) is 5.56 Å². The Labute approximate surface area is 165 Å². The van der Waals surface area contributed by atoms with Gasteiger partial charge in [0.15, 0.2) is 0 Å². The van der Waals surface area contributed by atoms with Gasteiger partial charge in [-0.2, -0.15) is 0 Å². The maximum absolute atomic E-state index is 13.0. The first-order valence-electron chi connectivity index (χ1n) is 9.63. The number of methoxy groups -OCH3 is 2. The third-order valence-electron chi connectivity index (χ3n) is 5.62. The second-order valence-corrected chi connectivity index (χ2v) is 7.49. The van der Waals surface area contributed by atoms with Gasteiger partial charge in [0.2, 0.25) is 0 Å². The van der Waals surface area contributed by atoms with E-state index in [9.17, 15) is 4.79 Å². The lowest BCUT2D eigenvalue weighted by molar-refractivity contribution is 0.0787. The number of amides is 1. The monoisotopic (exact) mass is 382 g/mol. The van der Waals surface area contributed by atoms with Gasteiger partial charge in [0.05, 0.1) is 19.8 Å². The third-order valence-corrected chi connectivity index (χ3v) is 5.62. The van der Waals surface area contributed by atoms with Crippen LogP contribution in [0.5, 0.6) is 11.5 Å². The molecule has 0 N–H and O–H groups in total. The first kappa shape index (κ1) is 18.7. The fourth-order valence-corrected chi connectivity index (χ4v) is 3.97. The van der Waals surface area contributed by atoms with Crippen LogP contribution in [0, 0.1) is 0 Å². The molecule has 0 spiro atoms. The minimum Gasteiger partial charge on any atom is -0.497 e. The van der Waals surface area contributed by atoms with Gasteiger partial charge >= 0.3 is 0 Å². The average Bonchev–Trinajstić information content (AvgIpc) is 3.22. The molecule has 7 heteroatoms. The maximum atomic E-state index is 13.0. The topological polar surface area (TPSA) is 67.8 Å². The molecule has 1 aromatic carbocycles. The molecule has 0 saturated carbocycles. The van der Waals surface area contributed by atoms with Gasteiger partial charge in [-0.3, -0.25) is 4.79 Å². The number of carbonyl (C=O) groups is 1. The minimum absolute atomic E-state index is 0.0263. The molecule has 1 atom stereocenters. The van der Waals surface area contributed by atoms with Gasteiger partial charge in [-0.15, -0.1) is 0 Å². The Hall–Kier alpha value is -2.67. The van der Waals surface area contributed by atoms with Crippen molar-refractivity contribution in [2.24, 2.45) is 0 Å². The van der Waals surface area contributed by atoms with Crippen LogP contribution < -0.4 is 9.47 Å². The smallest absolute Gasteiger partial charge is 0.257 e. The van der Waals surface area contributed by atoms with Gasteiger partial charge in [0, 0.05) is 62.0 Å². The van der Waals surface area contributed by atoms with Crippen LogP contribution in [-0.2, 0) is 13.0 Å². The lowest BCUT2D eigenvalue weighted by Gasteiger charge is -2.24. The highest BCUT2D eigenvalue weighted by atomic mass is 16.5. The van der Waals surface area contributed by atoms with Gasteiger partial charge in [0.1, 0.15) is 17.3 Å². The molecular weight excluding hydrogens is 356 g/mol. The SMILES string of the molecule is COc1ccc(C(=O)N2CC[C@H](c3ncc4c(n3)CCN(C)C4)C2)c(OC)c1. The summed E-state index contributed by atoms with van der Waals surface area (Å²) in [6.45, 7) is 3.26. The third kappa shape index (κ3) is 3.54. The zero-order chi connectivity index (χ0) is 19.7. The molecule has 0 unspecified atom stereocenters. The summed E-state index contributed by atoms with van der Waals surface area (Å²) < 4.78 is 10.6. The number of carbonyl (C=O) groups excluding carboxylic acids is 1. The van der Waals surface area contributed by atoms with Crippen molar-refractivity contribution in [2.75, 3.05) is 40.9 Å². The number of ether oxygens (including phenoxy) is 2. The lowest BCUT2D eigenvalue weighted by atomic mass is 10.1. The van der Waals surface area contributed by atoms with Crippen molar-refractivity contribution in [1.82, 2.24) is 19.8 Å². The first-order chi connectivity index (χ1) is 13.6. The zero-order valence-corrected chi connectivity index (χ0v) is 16.6. The van der Waals surface area contributed by atoms with Crippen molar-refractivity contribution >= 4 is 5.91 Å². The molecule has 1 aromatic heterocycles. The molecule has 1 amide bonds. The number of benzene rings is 1. The van der Waals surface area contributed by atoms with Crippen LogP contribution in [0.2, 0.25) is 0 Å². The summed E-state index contributed by atoms with van der Waals surface area (Å²) in [5.41, 5.74) is 2.93. The molecule has 0 bridgehead atoms. The Morgan fingerprint density at radius 2 is 2.07 bits per heavy atom. The number of rotatable bonds is 4. The number of likely N-dealkylation sites (tertiary alicyclic amines) is 1. The minimum atomic E-state index is -0.0263. The highest BCUT2D eigenvalue weighted by Crippen LogP contribution is 2.30. The second kappa shape index (κ2) is 7.75. The molecular formula is C21H26N4O3. The van der Waals surface area contributed by atoms with E-state index < -0.39 is 0 Å². The number of hydrogen-bond donors (Lipinski definition) is 0. The summed E-state index contributed by atoms with van der Waals surface area (Å²) in [5.74, 6) is 2.21. The highest BCUT2D eigenvalue weighted by Gasteiger charge is 2.31. The van der Waals surface area contributed by atoms with Gasteiger partial charge in [-0.25, -0.2) is 9.97 Å². The second-order valence-electron chi connectivity index (χ2n) is 7.49. The van der Waals surface area contributed by atoms with Crippen LogP contribution in [0.3, 0.4) is 0 Å². The Morgan fingerprint density at radius 3 is 2.86 bits per heavy atom. The van der Waals surface area contributed by atoms with E-state index in [0.717, 1.165) is 37.4 Å². The molecule has 0 radical (unpaired) electrons. The Morgan fingerprint density at radius 1 is 1.21 bits per heavy atom. The van der Waals surface area contributed by atoms with Crippen molar-refractivity contribution in [3.8, 4) is 11.5 Å². The molecule has 7 nitrogen and oxygen atoms in total. The van der Waals surface area contributed by atoms with E-state index in [1.54, 1.807) is 32.4 Å². The lowest BCUT2D eigenvalue weighted by Crippen LogP contribution is -2.29. The molecule has 1 saturated heterocycles. The number of hydrogen-bond acceptors (Lipinski definition) is 6. The molecule has 0 aliphatic carbocycles. The standard InChI is InChI=1S/C21H26N4O3/c1-24-8-7-18-15(12-24)11-22-20(23-18)14-6-9-25(13-14)21(26)17-5-4-16(27-2)10-19(17)28-3/h4-5,10-11,14H,6-9,12-13H2,1-3H3/t14-/m0/s1. The summed E-state index contributed by atoms with van der Waals surface area (Å²) in [6.07, 6.45) is 3.80. The maximum Gasteiger partial charge on any atom is 0.257 e. The molecule has 3 heterocycles. The normalized spacial score (nSPS) is 19.4. The van der Waals surface area contributed by atoms with E-state index in [4.69, 9.17) is 14.5 Å². The number of nitrogens with zero attached hydrogens (tertiary/aromatic N) is 4. The van der Waals surface area contributed by atoms with Crippen molar-refractivity contribution in [1.29, 1.82) is 0 Å². The number of aromatic nitrogens is 2. The number of fused-ring (bicyclic) bond motifs is 1. The quantitative estimate of drug-likeness (QED) is 0.807. The Bertz CT molecular complexity index is 886. The van der Waals surface area contributed by atoms with Crippen molar-refractivity contribution < 1.29 is 14.3 Å². The highest BCUT2D eigenvalue weighted by molar-refractivity contribution is 5.97. The molecule has 148 valence electrons. The van der Waals surface area contributed by atoms with Gasteiger partial charge in [-0.1, -0.05) is 0 Å². The predicted octanol–water partition coefficient (Wildman–Crippen LogP) is 2.11. The largest absolute Gasteiger partial charge is 0.497 e. The summed E-state index contributed by atoms with van der Waals surface area (Å²) in [5, 5.41) is 0. The van der Waals surface area contributed by atoms with E-state index in [1.807, 2.05) is 11.1 Å². The van der Waals surface area contributed by atoms with E-state index in [-0.39, 0.29) is 11.8 Å². The van der Waals surface area contributed by atoms with Crippen LogP contribution in [0.1, 0.15) is 39.8 Å². The zero-order valence-electron chi connectivity index (χ0n) is 16.6. The molecule has 1 fully saturated rings. The molecule has 2 aliphatic heterocycles. The van der Waals surface area contributed by atoms with Crippen molar-refractivity contribution in [3.05, 3.63) is 47.0 Å². The fraction of sp³-hybridized carbons (Fsp3) is 0.476. The summed E-state index contributed by atoms with van der Waals surface area (Å²) >= 11 is 0. The van der Waals surface area contributed by atoms with Gasteiger partial charge in [-0.05, 0) is 25.6 Å². The summed E-state index contributed by atoms with van der Waals surface area (Å²) in [4.78, 5) is 26.6. The summed E-state index contributed by atoms with van der Waals surface area (Å²) in [7, 11) is 5.28. The number of likely N-dealkylation sites (N-methyl/N-ethyl adjacent to an activating group) is 1.